The molecule has 10 nitrogen and oxygen atoms in total. The highest BCUT2D eigenvalue weighted by atomic mass is 16.6. The van der Waals surface area contributed by atoms with Gasteiger partial charge in [0, 0.05) is 12.3 Å². The normalized spacial score (nSPS) is 10.4. The van der Waals surface area contributed by atoms with Crippen LogP contribution in [0.3, 0.4) is 0 Å². The zero-order chi connectivity index (χ0) is 18.9. The van der Waals surface area contributed by atoms with Crippen molar-refractivity contribution in [1.82, 2.24) is 4.98 Å². The third-order valence-corrected chi connectivity index (χ3v) is 3.13. The van der Waals surface area contributed by atoms with Gasteiger partial charge in [0.15, 0.2) is 18.1 Å². The maximum absolute atomic E-state index is 11.1. The van der Waals surface area contributed by atoms with E-state index in [1.165, 1.54) is 38.8 Å². The van der Waals surface area contributed by atoms with Crippen LogP contribution >= 0.6 is 0 Å². The van der Waals surface area contributed by atoms with Crippen molar-refractivity contribution >= 4 is 23.7 Å². The van der Waals surface area contributed by atoms with Gasteiger partial charge in [0.05, 0.1) is 25.4 Å². The summed E-state index contributed by atoms with van der Waals surface area (Å²) in [6.45, 7) is -0.245. The number of hydrogen-bond donors (Lipinski definition) is 1. The van der Waals surface area contributed by atoms with Crippen LogP contribution in [0.25, 0.3) is 0 Å². The Bertz CT molecular complexity index is 824. The van der Waals surface area contributed by atoms with E-state index >= 15 is 0 Å². The summed E-state index contributed by atoms with van der Waals surface area (Å²) in [5.74, 6) is 0.266. The summed E-state index contributed by atoms with van der Waals surface area (Å²) >= 11 is 0. The Hall–Kier alpha value is -3.69. The third kappa shape index (κ3) is 4.90. The maximum atomic E-state index is 11.1. The molecule has 0 amide bonds. The number of rotatable bonds is 8. The molecule has 26 heavy (non-hydrogen) atoms. The van der Waals surface area contributed by atoms with Gasteiger partial charge in [-0.1, -0.05) is 0 Å². The van der Waals surface area contributed by atoms with Crippen LogP contribution in [0, 0.1) is 10.1 Å². The number of anilines is 1. The van der Waals surface area contributed by atoms with Gasteiger partial charge in [-0.15, -0.1) is 0 Å². The van der Waals surface area contributed by atoms with Gasteiger partial charge in [0.25, 0.3) is 0 Å². The molecule has 10 heteroatoms. The van der Waals surface area contributed by atoms with Gasteiger partial charge < -0.3 is 14.2 Å². The number of carbonyl (C=O) groups excluding carboxylic acids is 1. The fourth-order valence-corrected chi connectivity index (χ4v) is 1.88. The van der Waals surface area contributed by atoms with Crippen LogP contribution in [0.2, 0.25) is 0 Å². The zero-order valence-corrected chi connectivity index (χ0v) is 14.0. The highest BCUT2D eigenvalue weighted by Gasteiger charge is 2.13. The maximum Gasteiger partial charge on any atom is 0.343 e. The molecule has 2 rings (SSSR count). The van der Waals surface area contributed by atoms with E-state index in [-0.39, 0.29) is 18.1 Å². The van der Waals surface area contributed by atoms with Crippen molar-refractivity contribution in [2.75, 3.05) is 26.3 Å². The van der Waals surface area contributed by atoms with Crippen molar-refractivity contribution in [3.63, 3.8) is 0 Å². The van der Waals surface area contributed by atoms with E-state index in [9.17, 15) is 14.9 Å². The molecule has 0 aliphatic rings. The first-order valence-electron chi connectivity index (χ1n) is 7.31. The first kappa shape index (κ1) is 18.6. The third-order valence-electron chi connectivity index (χ3n) is 3.13. The van der Waals surface area contributed by atoms with E-state index in [0.717, 1.165) is 0 Å². The number of nitro groups is 1. The van der Waals surface area contributed by atoms with Crippen molar-refractivity contribution in [2.45, 2.75) is 0 Å². The number of benzene rings is 1. The van der Waals surface area contributed by atoms with Crippen LogP contribution in [0.5, 0.6) is 11.5 Å². The fraction of sp³-hybridized carbons (Fsp3) is 0.188. The van der Waals surface area contributed by atoms with Gasteiger partial charge in [0.2, 0.25) is 5.82 Å². The minimum Gasteiger partial charge on any atom is -0.493 e. The first-order chi connectivity index (χ1) is 12.5. The van der Waals surface area contributed by atoms with Crippen molar-refractivity contribution in [1.29, 1.82) is 0 Å². The Morgan fingerprint density at radius 2 is 2.15 bits per heavy atom. The Balaban J connectivity index is 2.09. The average molecular weight is 360 g/mol. The van der Waals surface area contributed by atoms with Crippen LogP contribution in [0.1, 0.15) is 5.56 Å². The lowest BCUT2D eigenvalue weighted by atomic mass is 10.2. The second-order valence-corrected chi connectivity index (χ2v) is 4.77. The molecule has 2 aromatic rings. The molecule has 0 unspecified atom stereocenters. The van der Waals surface area contributed by atoms with E-state index in [1.807, 2.05) is 0 Å². The lowest BCUT2D eigenvalue weighted by molar-refractivity contribution is -0.384. The van der Waals surface area contributed by atoms with E-state index in [1.54, 1.807) is 18.2 Å². The van der Waals surface area contributed by atoms with Gasteiger partial charge in [0.1, 0.15) is 0 Å². The van der Waals surface area contributed by atoms with E-state index in [2.05, 4.69) is 20.2 Å². The van der Waals surface area contributed by atoms with E-state index in [0.29, 0.717) is 17.1 Å². The zero-order valence-electron chi connectivity index (χ0n) is 14.0. The SMILES string of the molecule is COC(=O)COc1ccc(/C=N\Nc2ncccc2[N+](=O)[O-])cc1OC. The lowest BCUT2D eigenvalue weighted by Crippen LogP contribution is -2.13. The van der Waals surface area contributed by atoms with Crippen molar-refractivity contribution < 1.29 is 23.9 Å². The molecule has 1 aromatic carbocycles. The summed E-state index contributed by atoms with van der Waals surface area (Å²) in [5, 5.41) is 14.9. The molecule has 0 bridgehead atoms. The molecular formula is C16H16N4O6. The number of nitrogens with one attached hydrogen (secondary N) is 1. The molecular weight excluding hydrogens is 344 g/mol. The summed E-state index contributed by atoms with van der Waals surface area (Å²) in [5.41, 5.74) is 2.98. The number of nitrogens with zero attached hydrogens (tertiary/aromatic N) is 3. The minimum atomic E-state index is -0.554. The minimum absolute atomic E-state index is 0.0266. The Kier molecular flexibility index (Phi) is 6.43. The number of hydrazone groups is 1. The van der Waals surface area contributed by atoms with Crippen LogP contribution < -0.4 is 14.9 Å². The Morgan fingerprint density at radius 3 is 2.85 bits per heavy atom. The standard InChI is InChI=1S/C16H16N4O6/c1-24-14-8-11(5-6-13(14)26-10-15(21)25-2)9-18-19-16-12(20(22)23)4-3-7-17-16/h3-9H,10H2,1-2H3,(H,17,19)/b18-9-. The highest BCUT2D eigenvalue weighted by molar-refractivity contribution is 5.81. The van der Waals surface area contributed by atoms with Crippen LogP contribution in [0.4, 0.5) is 11.5 Å². The number of esters is 1. The highest BCUT2D eigenvalue weighted by Crippen LogP contribution is 2.27. The molecule has 0 atom stereocenters. The van der Waals surface area contributed by atoms with Crippen molar-refractivity contribution in [2.24, 2.45) is 5.10 Å². The molecule has 0 saturated heterocycles. The van der Waals surface area contributed by atoms with Crippen molar-refractivity contribution in [3.8, 4) is 11.5 Å². The molecule has 136 valence electrons. The fourth-order valence-electron chi connectivity index (χ4n) is 1.88. The first-order valence-corrected chi connectivity index (χ1v) is 7.31. The molecule has 1 aromatic heterocycles. The molecule has 0 aliphatic heterocycles. The van der Waals surface area contributed by atoms with E-state index in [4.69, 9.17) is 9.47 Å². The molecule has 1 N–H and O–H groups in total. The van der Waals surface area contributed by atoms with Crippen LogP contribution in [-0.4, -0.2) is 42.9 Å². The topological polar surface area (TPSA) is 125 Å². The number of ether oxygens (including phenoxy) is 3. The second kappa shape index (κ2) is 8.97. The smallest absolute Gasteiger partial charge is 0.343 e. The predicted octanol–water partition coefficient (Wildman–Crippen LogP) is 2.00. The number of hydrogen-bond acceptors (Lipinski definition) is 9. The van der Waals surface area contributed by atoms with Gasteiger partial charge in [-0.05, 0) is 29.8 Å². The van der Waals surface area contributed by atoms with Crippen LogP contribution in [0.15, 0.2) is 41.6 Å². The molecule has 1 heterocycles. The lowest BCUT2D eigenvalue weighted by Gasteiger charge is -2.10. The number of methoxy groups -OCH3 is 2. The number of pyridine rings is 1. The largest absolute Gasteiger partial charge is 0.493 e. The summed E-state index contributed by atoms with van der Waals surface area (Å²) in [6, 6.07) is 7.69. The Labute approximate surface area is 148 Å². The van der Waals surface area contributed by atoms with E-state index < -0.39 is 10.9 Å². The quantitative estimate of drug-likeness (QED) is 0.328. The molecule has 0 saturated carbocycles. The number of aromatic nitrogens is 1. The summed E-state index contributed by atoms with van der Waals surface area (Å²) in [7, 11) is 2.72. The van der Waals surface area contributed by atoms with Crippen LogP contribution in [-0.2, 0) is 9.53 Å². The monoisotopic (exact) mass is 360 g/mol. The van der Waals surface area contributed by atoms with Gasteiger partial charge in [-0.25, -0.2) is 9.78 Å². The molecule has 0 aliphatic carbocycles. The molecule has 0 fully saturated rings. The molecule has 0 radical (unpaired) electrons. The van der Waals surface area contributed by atoms with Gasteiger partial charge in [-0.3, -0.25) is 15.5 Å². The molecule has 0 spiro atoms. The second-order valence-electron chi connectivity index (χ2n) is 4.77. The van der Waals surface area contributed by atoms with Crippen molar-refractivity contribution in [3.05, 3.63) is 52.2 Å². The number of carbonyl (C=O) groups is 1. The summed E-state index contributed by atoms with van der Waals surface area (Å²) in [4.78, 5) is 25.4. The van der Waals surface area contributed by atoms with Gasteiger partial charge >= 0.3 is 11.7 Å². The Morgan fingerprint density at radius 1 is 1.35 bits per heavy atom. The predicted molar refractivity (Wildman–Crippen MR) is 92.6 cm³/mol. The summed E-state index contributed by atoms with van der Waals surface area (Å²) < 4.78 is 15.0. The average Bonchev–Trinajstić information content (AvgIpc) is 2.66. The van der Waals surface area contributed by atoms with Gasteiger partial charge in [-0.2, -0.15) is 5.10 Å². The summed E-state index contributed by atoms with van der Waals surface area (Å²) in [6.07, 6.45) is 2.85.